The molecule has 5 nitrogen and oxygen atoms in total. The van der Waals surface area contributed by atoms with Crippen LogP contribution in [-0.2, 0) is 12.0 Å². The summed E-state index contributed by atoms with van der Waals surface area (Å²) in [6.45, 7) is 4.33. The van der Waals surface area contributed by atoms with Gasteiger partial charge in [0.25, 0.3) is 0 Å². The van der Waals surface area contributed by atoms with Crippen LogP contribution in [0.2, 0.25) is 0 Å². The molecule has 5 rings (SSSR count). The van der Waals surface area contributed by atoms with E-state index in [9.17, 15) is 14.0 Å². The average Bonchev–Trinajstić information content (AvgIpc) is 2.98. The van der Waals surface area contributed by atoms with Crippen molar-refractivity contribution in [2.45, 2.75) is 31.5 Å². The van der Waals surface area contributed by atoms with Crippen molar-refractivity contribution in [2.75, 3.05) is 17.5 Å². The summed E-state index contributed by atoms with van der Waals surface area (Å²) in [6, 6.07) is 14.9. The Morgan fingerprint density at radius 1 is 1.09 bits per heavy atom. The Morgan fingerprint density at radius 3 is 2.61 bits per heavy atom. The number of para-hydroxylation sites is 1. The molecule has 3 aromatic carbocycles. The molecule has 0 bridgehead atoms. The summed E-state index contributed by atoms with van der Waals surface area (Å²) in [5, 5.41) is 9.38. The van der Waals surface area contributed by atoms with Crippen LogP contribution in [0.15, 0.2) is 60.7 Å². The molecule has 3 aromatic rings. The quantitative estimate of drug-likeness (QED) is 0.487. The van der Waals surface area contributed by atoms with E-state index in [1.807, 2.05) is 41.3 Å². The summed E-state index contributed by atoms with van der Waals surface area (Å²) >= 11 is 0. The first-order chi connectivity index (χ1) is 15.8. The highest BCUT2D eigenvalue weighted by atomic mass is 19.1. The number of benzene rings is 3. The Balaban J connectivity index is 1.69. The maximum absolute atomic E-state index is 14.7. The standard InChI is InChI=1S/C26H24F2N2O3/c1-25(2)20-6-4-5-7-22(20)30(15-17-8-9-18(27)13-21(17)28)26(25)11-10-16-12-19(29-31)14-23(32-3)24(16)33-26/h4-14,29,31H,15H2,1-3H3. The second-order valence-electron chi connectivity index (χ2n) is 8.80. The third-order valence-electron chi connectivity index (χ3n) is 6.69. The molecule has 1 atom stereocenters. The Kier molecular flexibility index (Phi) is 4.83. The second-order valence-corrected chi connectivity index (χ2v) is 8.80. The van der Waals surface area contributed by atoms with Crippen molar-refractivity contribution in [1.82, 2.24) is 0 Å². The largest absolute Gasteiger partial charge is 0.493 e. The van der Waals surface area contributed by atoms with Crippen LogP contribution in [0, 0.1) is 11.6 Å². The van der Waals surface area contributed by atoms with Gasteiger partial charge in [-0.2, -0.15) is 0 Å². The Hall–Kier alpha value is -3.58. The van der Waals surface area contributed by atoms with Gasteiger partial charge in [-0.1, -0.05) is 24.3 Å². The predicted molar refractivity (Wildman–Crippen MR) is 123 cm³/mol. The fourth-order valence-electron chi connectivity index (χ4n) is 4.92. The number of hydrogen-bond acceptors (Lipinski definition) is 5. The number of fused-ring (bicyclic) bond motifs is 2. The second kappa shape index (κ2) is 7.49. The Morgan fingerprint density at radius 2 is 1.88 bits per heavy atom. The third kappa shape index (κ3) is 3.07. The smallest absolute Gasteiger partial charge is 0.212 e. The van der Waals surface area contributed by atoms with Gasteiger partial charge in [0.05, 0.1) is 18.2 Å². The number of rotatable bonds is 4. The van der Waals surface area contributed by atoms with Crippen molar-refractivity contribution in [2.24, 2.45) is 0 Å². The van der Waals surface area contributed by atoms with E-state index in [1.165, 1.54) is 19.2 Å². The molecule has 2 heterocycles. The van der Waals surface area contributed by atoms with Crippen LogP contribution < -0.4 is 19.9 Å². The summed E-state index contributed by atoms with van der Waals surface area (Å²) in [7, 11) is 1.53. The zero-order chi connectivity index (χ0) is 23.4. The van der Waals surface area contributed by atoms with Gasteiger partial charge >= 0.3 is 0 Å². The van der Waals surface area contributed by atoms with Crippen LogP contribution in [0.4, 0.5) is 20.2 Å². The number of halogens is 2. The SMILES string of the molecule is COc1cc(NO)cc2c1OC1(C=C2)N(Cc2ccc(F)cc2F)c2ccccc2C1(C)C. The van der Waals surface area contributed by atoms with Gasteiger partial charge in [-0.05, 0) is 49.8 Å². The van der Waals surface area contributed by atoms with Crippen molar-refractivity contribution < 1.29 is 23.5 Å². The monoisotopic (exact) mass is 450 g/mol. The molecule has 0 fully saturated rings. The average molecular weight is 450 g/mol. The number of anilines is 2. The van der Waals surface area contributed by atoms with Gasteiger partial charge in [0.1, 0.15) is 11.6 Å². The van der Waals surface area contributed by atoms with Gasteiger partial charge in [0, 0.05) is 35.5 Å². The highest BCUT2D eigenvalue weighted by Gasteiger charge is 2.59. The van der Waals surface area contributed by atoms with Crippen molar-refractivity contribution in [1.29, 1.82) is 0 Å². The van der Waals surface area contributed by atoms with Crippen LogP contribution in [0.1, 0.15) is 30.5 Å². The van der Waals surface area contributed by atoms with E-state index in [-0.39, 0.29) is 6.54 Å². The summed E-state index contributed by atoms with van der Waals surface area (Å²) in [6.07, 6.45) is 3.88. The minimum absolute atomic E-state index is 0.171. The van der Waals surface area contributed by atoms with Gasteiger partial charge in [-0.25, -0.2) is 8.78 Å². The van der Waals surface area contributed by atoms with Gasteiger partial charge < -0.3 is 14.4 Å². The van der Waals surface area contributed by atoms with E-state index >= 15 is 0 Å². The highest BCUT2D eigenvalue weighted by Crippen LogP contribution is 2.56. The van der Waals surface area contributed by atoms with Crippen molar-refractivity contribution >= 4 is 17.5 Å². The molecule has 0 amide bonds. The normalized spacial score (nSPS) is 19.8. The topological polar surface area (TPSA) is 54.0 Å². The van der Waals surface area contributed by atoms with Crippen LogP contribution in [0.3, 0.4) is 0 Å². The van der Waals surface area contributed by atoms with E-state index in [2.05, 4.69) is 19.3 Å². The van der Waals surface area contributed by atoms with Crippen LogP contribution in [-0.4, -0.2) is 18.0 Å². The summed E-state index contributed by atoms with van der Waals surface area (Å²) < 4.78 is 40.6. The molecule has 0 saturated carbocycles. The minimum Gasteiger partial charge on any atom is -0.493 e. The fraction of sp³-hybridized carbons (Fsp3) is 0.231. The van der Waals surface area contributed by atoms with Crippen molar-refractivity contribution in [3.63, 3.8) is 0 Å². The van der Waals surface area contributed by atoms with Crippen LogP contribution >= 0.6 is 0 Å². The van der Waals surface area contributed by atoms with E-state index in [0.29, 0.717) is 22.7 Å². The molecule has 0 aliphatic carbocycles. The molecule has 0 aromatic heterocycles. The molecule has 170 valence electrons. The zero-order valence-corrected chi connectivity index (χ0v) is 18.5. The van der Waals surface area contributed by atoms with Gasteiger partial charge in [0.2, 0.25) is 5.72 Å². The number of ether oxygens (including phenoxy) is 2. The van der Waals surface area contributed by atoms with Crippen LogP contribution in [0.5, 0.6) is 11.5 Å². The first-order valence-corrected chi connectivity index (χ1v) is 10.6. The molecule has 2 N–H and O–H groups in total. The van der Waals surface area contributed by atoms with E-state index in [1.54, 1.807) is 12.1 Å². The lowest BCUT2D eigenvalue weighted by Gasteiger charge is -2.47. The van der Waals surface area contributed by atoms with Gasteiger partial charge in [-0.15, -0.1) is 0 Å². The van der Waals surface area contributed by atoms with E-state index in [4.69, 9.17) is 9.47 Å². The molecular weight excluding hydrogens is 426 g/mol. The number of methoxy groups -OCH3 is 1. The molecule has 0 radical (unpaired) electrons. The first kappa shape index (κ1) is 21.3. The van der Waals surface area contributed by atoms with E-state index in [0.717, 1.165) is 22.9 Å². The molecule has 33 heavy (non-hydrogen) atoms. The molecule has 1 spiro atoms. The third-order valence-corrected chi connectivity index (χ3v) is 6.69. The van der Waals surface area contributed by atoms with E-state index < -0.39 is 22.8 Å². The molecule has 0 saturated heterocycles. The summed E-state index contributed by atoms with van der Waals surface area (Å²) in [5.74, 6) is -0.255. The van der Waals surface area contributed by atoms with Crippen molar-refractivity contribution in [3.8, 4) is 11.5 Å². The molecule has 7 heteroatoms. The van der Waals surface area contributed by atoms with Crippen molar-refractivity contribution in [3.05, 3.63) is 89.0 Å². The number of nitrogens with one attached hydrogen (secondary N) is 1. The van der Waals surface area contributed by atoms with Crippen LogP contribution in [0.25, 0.3) is 6.08 Å². The van der Waals surface area contributed by atoms with Gasteiger partial charge in [0.15, 0.2) is 11.5 Å². The Labute approximate surface area is 190 Å². The summed E-state index contributed by atoms with van der Waals surface area (Å²) in [4.78, 5) is 2.01. The highest BCUT2D eigenvalue weighted by molar-refractivity contribution is 5.76. The zero-order valence-electron chi connectivity index (χ0n) is 18.5. The maximum atomic E-state index is 14.7. The number of hydrogen-bond donors (Lipinski definition) is 2. The van der Waals surface area contributed by atoms with Gasteiger partial charge in [-0.3, -0.25) is 10.7 Å². The lowest BCUT2D eigenvalue weighted by molar-refractivity contribution is 0.0491. The predicted octanol–water partition coefficient (Wildman–Crippen LogP) is 5.87. The first-order valence-electron chi connectivity index (χ1n) is 10.6. The maximum Gasteiger partial charge on any atom is 0.212 e. The molecule has 2 aliphatic heterocycles. The molecule has 1 unspecified atom stereocenters. The molecular formula is C26H24F2N2O3. The summed E-state index contributed by atoms with van der Waals surface area (Å²) in [5.41, 5.74) is 4.12. The number of nitrogens with zero attached hydrogens (tertiary/aromatic N) is 1. The lowest BCUT2D eigenvalue weighted by Crippen LogP contribution is -2.59. The Bertz CT molecular complexity index is 1270. The molecule has 2 aliphatic rings. The minimum atomic E-state index is -1.01. The fourth-order valence-corrected chi connectivity index (χ4v) is 4.92. The lowest BCUT2D eigenvalue weighted by atomic mass is 9.76.